The van der Waals surface area contributed by atoms with Crippen LogP contribution in [-0.2, 0) is 4.79 Å². The number of nitrogens with one attached hydrogen (secondary N) is 1. The molecule has 1 aromatic carbocycles. The van der Waals surface area contributed by atoms with Crippen molar-refractivity contribution in [2.24, 2.45) is 10.1 Å². The summed E-state index contributed by atoms with van der Waals surface area (Å²) in [6.07, 6.45) is -0.198. The number of hydrazone groups is 1. The minimum Gasteiger partial charge on any atom is -0.477 e. The number of benzene rings is 1. The number of nitrogens with zero attached hydrogens (tertiary/aromatic N) is 4. The highest BCUT2D eigenvalue weighted by molar-refractivity contribution is 6.28. The van der Waals surface area contributed by atoms with Crippen molar-refractivity contribution in [1.82, 2.24) is 15.3 Å². The first-order valence-corrected chi connectivity index (χ1v) is 10.7. The van der Waals surface area contributed by atoms with Crippen LogP contribution in [0.5, 0.6) is 0 Å². The van der Waals surface area contributed by atoms with E-state index in [-0.39, 0.29) is 16.8 Å². The second kappa shape index (κ2) is 8.97. The van der Waals surface area contributed by atoms with E-state index in [0.29, 0.717) is 23.7 Å². The summed E-state index contributed by atoms with van der Waals surface area (Å²) in [5.74, 6) is -2.59. The molecule has 182 valence electrons. The number of aromatic nitrogens is 1. The van der Waals surface area contributed by atoms with Crippen LogP contribution in [0, 0.1) is 5.82 Å². The number of hydrogen-bond acceptors (Lipinski definition) is 6. The average molecular weight is 485 g/mol. The van der Waals surface area contributed by atoms with Gasteiger partial charge in [0.25, 0.3) is 12.3 Å². The van der Waals surface area contributed by atoms with Gasteiger partial charge in [-0.3, -0.25) is 9.79 Å². The molecule has 2 N–H and O–H groups in total. The largest absolute Gasteiger partial charge is 0.477 e. The molecule has 11 heteroatoms. The number of fused-ring (bicyclic) bond motifs is 1. The van der Waals surface area contributed by atoms with Crippen molar-refractivity contribution < 1.29 is 27.9 Å². The van der Waals surface area contributed by atoms with Crippen LogP contribution in [0.4, 0.5) is 13.2 Å². The molecule has 3 heterocycles. The minimum atomic E-state index is -2.99. The Hall–Kier alpha value is -4.02. The summed E-state index contributed by atoms with van der Waals surface area (Å²) in [5.41, 5.74) is -0.686. The van der Waals surface area contributed by atoms with E-state index in [2.05, 4.69) is 20.4 Å². The van der Waals surface area contributed by atoms with Crippen LogP contribution in [-0.4, -0.2) is 50.6 Å². The summed E-state index contributed by atoms with van der Waals surface area (Å²) in [6, 6.07) is 5.62. The first kappa shape index (κ1) is 24.1. The van der Waals surface area contributed by atoms with E-state index in [1.54, 1.807) is 11.1 Å². The third-order valence-electron chi connectivity index (χ3n) is 5.57. The Bertz CT molecular complexity index is 1300. The number of aliphatic imine (C=N–C) groups is 1. The minimum absolute atomic E-state index is 0.0766. The van der Waals surface area contributed by atoms with Crippen molar-refractivity contribution in [2.75, 3.05) is 6.54 Å². The van der Waals surface area contributed by atoms with Gasteiger partial charge >= 0.3 is 5.97 Å². The third kappa shape index (κ3) is 4.79. The van der Waals surface area contributed by atoms with Gasteiger partial charge < -0.3 is 10.4 Å². The van der Waals surface area contributed by atoms with Crippen LogP contribution in [0.2, 0.25) is 0 Å². The second-order valence-corrected chi connectivity index (χ2v) is 8.83. The Morgan fingerprint density at radius 3 is 2.60 bits per heavy atom. The maximum atomic E-state index is 14.6. The number of hydrogen-bond donors (Lipinski definition) is 2. The van der Waals surface area contributed by atoms with Crippen molar-refractivity contribution in [3.05, 3.63) is 76.4 Å². The van der Waals surface area contributed by atoms with Gasteiger partial charge in [-0.15, -0.1) is 0 Å². The maximum absolute atomic E-state index is 14.6. The number of pyridine rings is 1. The molecule has 1 amide bonds. The number of amidine groups is 1. The van der Waals surface area contributed by atoms with Gasteiger partial charge in [0.05, 0.1) is 35.0 Å². The zero-order valence-electron chi connectivity index (χ0n) is 19.1. The smallest absolute Gasteiger partial charge is 0.354 e. The summed E-state index contributed by atoms with van der Waals surface area (Å²) < 4.78 is 40.8. The van der Waals surface area contributed by atoms with Gasteiger partial charge in [0, 0.05) is 17.3 Å². The van der Waals surface area contributed by atoms with Gasteiger partial charge in [-0.25, -0.2) is 28.0 Å². The predicted molar refractivity (Wildman–Crippen MR) is 122 cm³/mol. The average Bonchev–Trinajstić information content (AvgIpc) is 3.11. The molecule has 2 aliphatic heterocycles. The molecule has 0 unspecified atom stereocenters. The second-order valence-electron chi connectivity index (χ2n) is 8.83. The summed E-state index contributed by atoms with van der Waals surface area (Å²) in [6.45, 7) is 5.59. The van der Waals surface area contributed by atoms with Crippen LogP contribution in [0.1, 0.15) is 60.4 Å². The Kier molecular flexibility index (Phi) is 6.18. The predicted octanol–water partition coefficient (Wildman–Crippen LogP) is 3.87. The van der Waals surface area contributed by atoms with E-state index in [4.69, 9.17) is 0 Å². The lowest BCUT2D eigenvalue weighted by Gasteiger charge is -2.24. The van der Waals surface area contributed by atoms with Crippen molar-refractivity contribution >= 4 is 23.4 Å². The van der Waals surface area contributed by atoms with Gasteiger partial charge in [0.2, 0.25) is 0 Å². The van der Waals surface area contributed by atoms with Crippen LogP contribution in [0.15, 0.2) is 58.3 Å². The number of allylic oxidation sites excluding steroid dienone is 1. The van der Waals surface area contributed by atoms with Gasteiger partial charge in [-0.05, 0) is 39.0 Å². The summed E-state index contributed by atoms with van der Waals surface area (Å²) >= 11 is 0. The Balaban J connectivity index is 1.69. The molecule has 0 fully saturated rings. The van der Waals surface area contributed by atoms with Crippen LogP contribution < -0.4 is 5.32 Å². The fraction of sp³-hybridized carbons (Fsp3) is 0.292. The van der Waals surface area contributed by atoms with Gasteiger partial charge in [-0.1, -0.05) is 18.2 Å². The van der Waals surface area contributed by atoms with E-state index in [9.17, 15) is 27.9 Å². The highest BCUT2D eigenvalue weighted by Crippen LogP contribution is 2.30. The Morgan fingerprint density at radius 1 is 1.20 bits per heavy atom. The molecule has 1 aromatic heterocycles. The molecule has 0 radical (unpaired) electrons. The van der Waals surface area contributed by atoms with Crippen LogP contribution in [0.25, 0.3) is 0 Å². The SMILES string of the molecule is C[C@@H](NC(=O)C1=CC(c2ccnc(C(=O)O)c2)=NN2CC(C)(C)N=C12)c1cccc(C(F)F)c1F. The van der Waals surface area contributed by atoms with E-state index in [0.717, 1.165) is 6.07 Å². The molecule has 35 heavy (non-hydrogen) atoms. The zero-order chi connectivity index (χ0) is 25.5. The quantitative estimate of drug-likeness (QED) is 0.646. The number of amides is 1. The Labute approximate surface area is 198 Å². The maximum Gasteiger partial charge on any atom is 0.354 e. The number of aromatic carboxylic acids is 1. The van der Waals surface area contributed by atoms with Crippen molar-refractivity contribution in [3.8, 4) is 0 Å². The number of alkyl halides is 2. The number of carboxylic acids is 1. The van der Waals surface area contributed by atoms with Gasteiger partial charge in [-0.2, -0.15) is 5.10 Å². The third-order valence-corrected chi connectivity index (χ3v) is 5.57. The monoisotopic (exact) mass is 485 g/mol. The fourth-order valence-corrected chi connectivity index (χ4v) is 3.90. The number of halogens is 3. The van der Waals surface area contributed by atoms with Crippen LogP contribution in [0.3, 0.4) is 0 Å². The number of carboxylic acid groups (broad SMARTS) is 1. The first-order chi connectivity index (χ1) is 16.5. The molecule has 0 aliphatic carbocycles. The molecule has 4 rings (SSSR count). The normalized spacial score (nSPS) is 17.3. The number of carbonyl (C=O) groups is 2. The first-order valence-electron chi connectivity index (χ1n) is 10.7. The lowest BCUT2D eigenvalue weighted by atomic mass is 10.0. The number of rotatable bonds is 6. The molecular formula is C24H22F3N5O3. The van der Waals surface area contributed by atoms with E-state index in [1.165, 1.54) is 37.4 Å². The molecule has 1 atom stereocenters. The molecule has 0 spiro atoms. The van der Waals surface area contributed by atoms with Crippen molar-refractivity contribution in [3.63, 3.8) is 0 Å². The highest BCUT2D eigenvalue weighted by Gasteiger charge is 2.38. The molecule has 8 nitrogen and oxygen atoms in total. The van der Waals surface area contributed by atoms with Crippen molar-refractivity contribution in [1.29, 1.82) is 0 Å². The standard InChI is InChI=1S/C24H22F3N5O3/c1-12(14-5-4-6-15(19(14)25)20(26)27)29-22(33)16-10-17(13-7-8-28-18(9-13)23(34)35)31-32-11-24(2,3)30-21(16)32/h4-10,12,20H,11H2,1-3H3,(H,29,33)(H,34,35)/t12-/m1/s1. The summed E-state index contributed by atoms with van der Waals surface area (Å²) in [4.78, 5) is 33.0. The lowest BCUT2D eigenvalue weighted by Crippen LogP contribution is -2.39. The molecule has 2 aliphatic rings. The number of carbonyl (C=O) groups excluding carboxylic acids is 1. The topological polar surface area (TPSA) is 107 Å². The molecule has 0 saturated carbocycles. The highest BCUT2D eigenvalue weighted by atomic mass is 19.3. The molecular weight excluding hydrogens is 463 g/mol. The van der Waals surface area contributed by atoms with E-state index in [1.807, 2.05) is 13.8 Å². The summed E-state index contributed by atoms with van der Waals surface area (Å²) in [5, 5.41) is 18.0. The lowest BCUT2D eigenvalue weighted by molar-refractivity contribution is -0.117. The van der Waals surface area contributed by atoms with Gasteiger partial charge in [0.1, 0.15) is 11.5 Å². The molecule has 0 bridgehead atoms. The fourth-order valence-electron chi connectivity index (χ4n) is 3.90. The molecule has 2 aromatic rings. The van der Waals surface area contributed by atoms with Gasteiger partial charge in [0.15, 0.2) is 5.84 Å². The summed E-state index contributed by atoms with van der Waals surface area (Å²) in [7, 11) is 0. The molecule has 0 saturated heterocycles. The van der Waals surface area contributed by atoms with E-state index < -0.39 is 41.3 Å². The van der Waals surface area contributed by atoms with Crippen LogP contribution >= 0.6 is 0 Å². The zero-order valence-corrected chi connectivity index (χ0v) is 19.1. The van der Waals surface area contributed by atoms with Crippen molar-refractivity contribution in [2.45, 2.75) is 38.8 Å². The Morgan fingerprint density at radius 2 is 1.91 bits per heavy atom. The van der Waals surface area contributed by atoms with E-state index >= 15 is 0 Å².